The number of hydrogen-bond acceptors (Lipinski definition) is 4. The normalized spacial score (nSPS) is 24.8. The van der Waals surface area contributed by atoms with Gasteiger partial charge in [-0.2, -0.15) is 0 Å². The van der Waals surface area contributed by atoms with Gasteiger partial charge in [-0.25, -0.2) is 0 Å². The summed E-state index contributed by atoms with van der Waals surface area (Å²) in [5.74, 6) is 0.273. The Morgan fingerprint density at radius 3 is 2.81 bits per heavy atom. The Morgan fingerprint density at radius 1 is 1.33 bits per heavy atom. The summed E-state index contributed by atoms with van der Waals surface area (Å²) in [7, 11) is -0.923. The van der Waals surface area contributed by atoms with E-state index >= 15 is 0 Å². The second-order valence-electron chi connectivity index (χ2n) is 5.95. The molecule has 1 heterocycles. The second-order valence-corrected chi connectivity index (χ2v) is 5.95. The summed E-state index contributed by atoms with van der Waals surface area (Å²) in [5.41, 5.74) is 2.18. The van der Waals surface area contributed by atoms with Gasteiger partial charge in [0.2, 0.25) is 0 Å². The van der Waals surface area contributed by atoms with Crippen molar-refractivity contribution >= 4 is 18.5 Å². The summed E-state index contributed by atoms with van der Waals surface area (Å²) in [4.78, 5) is 12.3. The molecule has 3 rings (SSSR count). The van der Waals surface area contributed by atoms with Crippen LogP contribution in [0, 0.1) is 5.92 Å². The van der Waals surface area contributed by atoms with Gasteiger partial charge in [0.25, 0.3) is 5.91 Å². The molecule has 0 spiro atoms. The number of fused-ring (bicyclic) bond motifs is 1. The molecule has 3 N–H and O–H groups in total. The van der Waals surface area contributed by atoms with Crippen LogP contribution in [-0.4, -0.2) is 35.8 Å². The number of aliphatic hydroxyl groups is 1. The molecule has 1 aliphatic carbocycles. The van der Waals surface area contributed by atoms with Crippen LogP contribution in [0.4, 0.5) is 0 Å². The summed E-state index contributed by atoms with van der Waals surface area (Å²) < 4.78 is 5.13. The average molecular weight is 289 g/mol. The van der Waals surface area contributed by atoms with Crippen molar-refractivity contribution in [3.05, 3.63) is 29.3 Å². The lowest BCUT2D eigenvalue weighted by atomic mass is 9.78. The highest BCUT2D eigenvalue weighted by molar-refractivity contribution is 6.61. The molecule has 1 saturated carbocycles. The van der Waals surface area contributed by atoms with Gasteiger partial charge in [0.1, 0.15) is 0 Å². The molecule has 5 nitrogen and oxygen atoms in total. The van der Waals surface area contributed by atoms with E-state index in [1.807, 2.05) is 6.07 Å². The molecule has 1 aliphatic heterocycles. The van der Waals surface area contributed by atoms with Gasteiger partial charge < -0.3 is 20.1 Å². The zero-order valence-electron chi connectivity index (χ0n) is 11.9. The lowest BCUT2D eigenvalue weighted by molar-refractivity contribution is 0.0914. The molecule has 112 valence electrons. The van der Waals surface area contributed by atoms with Crippen LogP contribution in [0.15, 0.2) is 18.2 Å². The van der Waals surface area contributed by atoms with Gasteiger partial charge in [0.05, 0.1) is 6.61 Å². The number of aliphatic hydroxyl groups excluding tert-OH is 1. The maximum absolute atomic E-state index is 12.3. The van der Waals surface area contributed by atoms with Crippen LogP contribution < -0.4 is 10.8 Å². The van der Waals surface area contributed by atoms with Gasteiger partial charge in [-0.3, -0.25) is 4.79 Å². The molecular weight excluding hydrogens is 269 g/mol. The summed E-state index contributed by atoms with van der Waals surface area (Å²) in [6, 6.07) is 5.49. The van der Waals surface area contributed by atoms with Crippen LogP contribution >= 0.6 is 0 Å². The molecular formula is C15H20BNO4. The van der Waals surface area contributed by atoms with E-state index < -0.39 is 7.12 Å². The maximum Gasteiger partial charge on any atom is 0.491 e. The minimum Gasteiger partial charge on any atom is -0.423 e. The molecule has 0 saturated heterocycles. The number of benzene rings is 1. The van der Waals surface area contributed by atoms with Crippen LogP contribution in [-0.2, 0) is 11.3 Å². The van der Waals surface area contributed by atoms with E-state index in [2.05, 4.69) is 5.32 Å². The number of carbonyl (C=O) groups is 1. The van der Waals surface area contributed by atoms with E-state index in [4.69, 9.17) is 9.76 Å². The maximum atomic E-state index is 12.3. The SMILES string of the molecule is O=C(NC1CCC(CO)CC1)c1ccc2c(c1)B(O)OC2. The summed E-state index contributed by atoms with van der Waals surface area (Å²) in [6.07, 6.45) is 3.73. The second kappa shape index (κ2) is 6.18. The lowest BCUT2D eigenvalue weighted by Crippen LogP contribution is -2.38. The fourth-order valence-electron chi connectivity index (χ4n) is 3.11. The summed E-state index contributed by atoms with van der Waals surface area (Å²) in [6.45, 7) is 0.632. The van der Waals surface area contributed by atoms with Gasteiger partial charge >= 0.3 is 7.12 Å². The van der Waals surface area contributed by atoms with Crippen LogP contribution in [0.3, 0.4) is 0 Å². The van der Waals surface area contributed by atoms with E-state index in [-0.39, 0.29) is 18.6 Å². The van der Waals surface area contributed by atoms with E-state index in [1.54, 1.807) is 12.1 Å². The molecule has 1 fully saturated rings. The molecule has 6 heteroatoms. The van der Waals surface area contributed by atoms with Crippen LogP contribution in [0.25, 0.3) is 0 Å². The van der Waals surface area contributed by atoms with Gasteiger partial charge in [-0.15, -0.1) is 0 Å². The van der Waals surface area contributed by atoms with Gasteiger partial charge in [-0.1, -0.05) is 6.07 Å². The van der Waals surface area contributed by atoms with Crippen molar-refractivity contribution < 1.29 is 19.6 Å². The topological polar surface area (TPSA) is 78.8 Å². The van der Waals surface area contributed by atoms with Crippen molar-refractivity contribution in [2.75, 3.05) is 6.61 Å². The number of nitrogens with one attached hydrogen (secondary N) is 1. The molecule has 1 aromatic carbocycles. The predicted molar refractivity (Wildman–Crippen MR) is 79.1 cm³/mol. The minimum atomic E-state index is -0.923. The number of hydrogen-bond donors (Lipinski definition) is 3. The Morgan fingerprint density at radius 2 is 2.10 bits per heavy atom. The minimum absolute atomic E-state index is 0.107. The van der Waals surface area contributed by atoms with Crippen molar-refractivity contribution in [3.8, 4) is 0 Å². The highest BCUT2D eigenvalue weighted by atomic mass is 16.5. The van der Waals surface area contributed by atoms with Gasteiger partial charge in [0, 0.05) is 18.2 Å². The Hall–Kier alpha value is -1.37. The molecule has 0 aromatic heterocycles. The molecule has 0 radical (unpaired) electrons. The third-order valence-corrected chi connectivity index (χ3v) is 4.51. The third kappa shape index (κ3) is 3.12. The Balaban J connectivity index is 1.62. The van der Waals surface area contributed by atoms with Gasteiger partial charge in [0.15, 0.2) is 0 Å². The first-order valence-corrected chi connectivity index (χ1v) is 7.51. The van der Waals surface area contributed by atoms with Crippen LogP contribution in [0.1, 0.15) is 41.6 Å². The lowest BCUT2D eigenvalue weighted by Gasteiger charge is -2.28. The van der Waals surface area contributed by atoms with E-state index in [1.165, 1.54) is 0 Å². The fraction of sp³-hybridized carbons (Fsp3) is 0.533. The highest BCUT2D eigenvalue weighted by Gasteiger charge is 2.28. The number of rotatable bonds is 3. The average Bonchev–Trinajstić information content (AvgIpc) is 2.89. The van der Waals surface area contributed by atoms with Crippen molar-refractivity contribution in [2.24, 2.45) is 5.92 Å². The Kier molecular flexibility index (Phi) is 4.28. The first-order valence-electron chi connectivity index (χ1n) is 7.51. The standard InChI is InChI=1S/C15H20BNO4/c18-8-10-1-5-13(6-2-10)17-15(19)11-3-4-12-9-21-16(20)14(12)7-11/h3-4,7,10,13,18,20H,1-2,5-6,8-9H2,(H,17,19). The predicted octanol–water partition coefficient (Wildman–Crippen LogP) is 0.185. The zero-order chi connectivity index (χ0) is 14.8. The largest absolute Gasteiger partial charge is 0.491 e. The summed E-state index contributed by atoms with van der Waals surface area (Å²) >= 11 is 0. The van der Waals surface area contributed by atoms with Gasteiger partial charge in [-0.05, 0) is 54.8 Å². The highest BCUT2D eigenvalue weighted by Crippen LogP contribution is 2.24. The molecule has 2 aliphatic rings. The quantitative estimate of drug-likeness (QED) is 0.694. The van der Waals surface area contributed by atoms with Crippen molar-refractivity contribution in [1.82, 2.24) is 5.32 Å². The monoisotopic (exact) mass is 289 g/mol. The molecule has 21 heavy (non-hydrogen) atoms. The molecule has 1 aromatic rings. The molecule has 0 unspecified atom stereocenters. The van der Waals surface area contributed by atoms with Crippen molar-refractivity contribution in [3.63, 3.8) is 0 Å². The first kappa shape index (κ1) is 14.6. The molecule has 0 atom stereocenters. The number of amides is 1. The van der Waals surface area contributed by atoms with Crippen LogP contribution in [0.2, 0.25) is 0 Å². The molecule has 1 amide bonds. The van der Waals surface area contributed by atoms with E-state index in [9.17, 15) is 9.82 Å². The van der Waals surface area contributed by atoms with E-state index in [0.717, 1.165) is 31.2 Å². The fourth-order valence-corrected chi connectivity index (χ4v) is 3.11. The first-order chi connectivity index (χ1) is 10.2. The van der Waals surface area contributed by atoms with Crippen molar-refractivity contribution in [2.45, 2.75) is 38.3 Å². The third-order valence-electron chi connectivity index (χ3n) is 4.51. The molecule has 0 bridgehead atoms. The smallest absolute Gasteiger partial charge is 0.423 e. The van der Waals surface area contributed by atoms with E-state index in [0.29, 0.717) is 23.6 Å². The number of carbonyl (C=O) groups excluding carboxylic acids is 1. The Bertz CT molecular complexity index is 528. The van der Waals surface area contributed by atoms with Crippen LogP contribution in [0.5, 0.6) is 0 Å². The summed E-state index contributed by atoms with van der Waals surface area (Å²) in [5, 5.41) is 21.9. The van der Waals surface area contributed by atoms with Crippen molar-refractivity contribution in [1.29, 1.82) is 0 Å². The zero-order valence-corrected chi connectivity index (χ0v) is 11.9. The Labute approximate surface area is 124 Å².